The largest absolute Gasteiger partial charge is 0.466 e. The van der Waals surface area contributed by atoms with Crippen LogP contribution in [-0.4, -0.2) is 24.5 Å². The van der Waals surface area contributed by atoms with Crippen molar-refractivity contribution in [3.63, 3.8) is 0 Å². The number of ether oxygens (including phenoxy) is 1. The van der Waals surface area contributed by atoms with Crippen LogP contribution in [0, 0.1) is 6.92 Å². The molecule has 3 rings (SSSR count). The predicted molar refractivity (Wildman–Crippen MR) is 101 cm³/mol. The Morgan fingerprint density at radius 3 is 2.65 bits per heavy atom. The summed E-state index contributed by atoms with van der Waals surface area (Å²) in [6.45, 7) is 4.13. The van der Waals surface area contributed by atoms with E-state index < -0.39 is 6.04 Å². The highest BCUT2D eigenvalue weighted by Gasteiger charge is 2.29. The van der Waals surface area contributed by atoms with Gasteiger partial charge in [0.2, 0.25) is 5.91 Å². The molecule has 2 unspecified atom stereocenters. The maximum Gasteiger partial charge on any atom is 0.308 e. The number of fused-ring (bicyclic) bond motifs is 1. The number of carbonyl (C=O) groups is 2. The average Bonchev–Trinajstić information content (AvgIpc) is 3.08. The second-order valence-electron chi connectivity index (χ2n) is 6.49. The van der Waals surface area contributed by atoms with Crippen molar-refractivity contribution in [1.82, 2.24) is 5.32 Å². The fourth-order valence-corrected chi connectivity index (χ4v) is 3.31. The molecule has 5 heteroatoms. The van der Waals surface area contributed by atoms with Crippen LogP contribution in [0.25, 0.3) is 0 Å². The normalized spacial score (nSPS) is 16.3. The van der Waals surface area contributed by atoms with E-state index in [4.69, 9.17) is 4.74 Å². The molecule has 1 heterocycles. The Bertz CT molecular complexity index is 789. The molecular formula is C21H24N2O3. The number of amides is 1. The molecule has 2 atom stereocenters. The number of carbonyl (C=O) groups excluding carboxylic acids is 2. The van der Waals surface area contributed by atoms with Crippen LogP contribution in [0.1, 0.15) is 36.1 Å². The number of esters is 1. The van der Waals surface area contributed by atoms with Crippen LogP contribution in [-0.2, 0) is 20.7 Å². The summed E-state index contributed by atoms with van der Waals surface area (Å²) in [5, 5.41) is 6.33. The zero-order valence-corrected chi connectivity index (χ0v) is 15.1. The number of anilines is 1. The van der Waals surface area contributed by atoms with Crippen molar-refractivity contribution in [2.45, 2.75) is 38.8 Å². The van der Waals surface area contributed by atoms with E-state index >= 15 is 0 Å². The highest BCUT2D eigenvalue weighted by molar-refractivity contribution is 5.88. The summed E-state index contributed by atoms with van der Waals surface area (Å²) >= 11 is 0. The van der Waals surface area contributed by atoms with Crippen molar-refractivity contribution in [3.8, 4) is 0 Å². The van der Waals surface area contributed by atoms with Crippen LogP contribution in [0.5, 0.6) is 0 Å². The molecule has 1 aliphatic rings. The highest BCUT2D eigenvalue weighted by atomic mass is 16.5. The first-order chi connectivity index (χ1) is 12.6. The average molecular weight is 352 g/mol. The van der Waals surface area contributed by atoms with E-state index in [0.29, 0.717) is 13.0 Å². The minimum Gasteiger partial charge on any atom is -0.466 e. The van der Waals surface area contributed by atoms with Gasteiger partial charge in [-0.2, -0.15) is 0 Å². The van der Waals surface area contributed by atoms with Gasteiger partial charge in [-0.05, 0) is 30.5 Å². The number of benzene rings is 2. The third-order valence-corrected chi connectivity index (χ3v) is 4.61. The molecule has 26 heavy (non-hydrogen) atoms. The van der Waals surface area contributed by atoms with Gasteiger partial charge in [-0.3, -0.25) is 9.59 Å². The van der Waals surface area contributed by atoms with E-state index in [-0.39, 0.29) is 24.3 Å². The van der Waals surface area contributed by atoms with Gasteiger partial charge in [-0.1, -0.05) is 48.5 Å². The fraction of sp³-hybridized carbons (Fsp3) is 0.333. The van der Waals surface area contributed by atoms with Gasteiger partial charge in [0.1, 0.15) is 6.04 Å². The first kappa shape index (κ1) is 18.0. The number of rotatable bonds is 6. The van der Waals surface area contributed by atoms with Gasteiger partial charge in [-0.15, -0.1) is 0 Å². The van der Waals surface area contributed by atoms with Crippen molar-refractivity contribution in [2.75, 3.05) is 11.9 Å². The first-order valence-electron chi connectivity index (χ1n) is 8.94. The van der Waals surface area contributed by atoms with Crippen LogP contribution < -0.4 is 10.6 Å². The maximum absolute atomic E-state index is 12.8. The van der Waals surface area contributed by atoms with Crippen molar-refractivity contribution in [3.05, 3.63) is 65.2 Å². The lowest BCUT2D eigenvalue weighted by Gasteiger charge is -2.21. The highest BCUT2D eigenvalue weighted by Crippen LogP contribution is 2.29. The molecule has 2 N–H and O–H groups in total. The first-order valence-corrected chi connectivity index (χ1v) is 8.94. The monoisotopic (exact) mass is 352 g/mol. The summed E-state index contributed by atoms with van der Waals surface area (Å²) in [4.78, 5) is 24.8. The molecule has 5 nitrogen and oxygen atoms in total. The van der Waals surface area contributed by atoms with E-state index in [1.165, 1.54) is 0 Å². The minimum atomic E-state index is -0.408. The molecule has 0 aromatic heterocycles. The lowest BCUT2D eigenvalue weighted by atomic mass is 10.0. The van der Waals surface area contributed by atoms with E-state index in [2.05, 4.69) is 10.6 Å². The Morgan fingerprint density at radius 2 is 1.96 bits per heavy atom. The molecule has 0 radical (unpaired) electrons. The number of hydrogen-bond donors (Lipinski definition) is 2. The van der Waals surface area contributed by atoms with Crippen LogP contribution >= 0.6 is 0 Å². The van der Waals surface area contributed by atoms with Gasteiger partial charge in [0, 0.05) is 12.1 Å². The number of nitrogens with one attached hydrogen (secondary N) is 2. The van der Waals surface area contributed by atoms with E-state index in [0.717, 1.165) is 22.4 Å². The smallest absolute Gasteiger partial charge is 0.308 e. The third-order valence-electron chi connectivity index (χ3n) is 4.61. The zero-order valence-electron chi connectivity index (χ0n) is 15.1. The predicted octanol–water partition coefficient (Wildman–Crippen LogP) is 3.14. The third kappa shape index (κ3) is 4.04. The van der Waals surface area contributed by atoms with Gasteiger partial charge in [0.05, 0.1) is 19.1 Å². The lowest BCUT2D eigenvalue weighted by Crippen LogP contribution is -2.41. The summed E-state index contributed by atoms with van der Waals surface area (Å²) in [6, 6.07) is 14.8. The Morgan fingerprint density at radius 1 is 1.19 bits per heavy atom. The number of hydrogen-bond acceptors (Lipinski definition) is 4. The van der Waals surface area contributed by atoms with Crippen molar-refractivity contribution < 1.29 is 14.3 Å². The molecule has 1 amide bonds. The lowest BCUT2D eigenvalue weighted by molar-refractivity contribution is -0.143. The van der Waals surface area contributed by atoms with Gasteiger partial charge in [0.15, 0.2) is 0 Å². The Hall–Kier alpha value is -2.82. The quantitative estimate of drug-likeness (QED) is 0.784. The minimum absolute atomic E-state index is 0.112. The van der Waals surface area contributed by atoms with Gasteiger partial charge < -0.3 is 15.4 Å². The Kier molecular flexibility index (Phi) is 5.56. The van der Waals surface area contributed by atoms with E-state index in [1.54, 1.807) is 6.92 Å². The Balaban J connectivity index is 1.72. The Labute approximate surface area is 153 Å². The molecule has 0 aliphatic carbocycles. The van der Waals surface area contributed by atoms with Gasteiger partial charge >= 0.3 is 5.97 Å². The van der Waals surface area contributed by atoms with E-state index in [9.17, 15) is 9.59 Å². The second-order valence-corrected chi connectivity index (χ2v) is 6.49. The topological polar surface area (TPSA) is 67.4 Å². The summed E-state index contributed by atoms with van der Waals surface area (Å²) in [6.07, 6.45) is 0.756. The molecule has 2 aromatic carbocycles. The van der Waals surface area contributed by atoms with Crippen molar-refractivity contribution in [2.24, 2.45) is 0 Å². The maximum atomic E-state index is 12.8. The molecule has 0 saturated carbocycles. The summed E-state index contributed by atoms with van der Waals surface area (Å²) < 4.78 is 5.06. The molecule has 1 aliphatic heterocycles. The second kappa shape index (κ2) is 8.04. The molecular weight excluding hydrogens is 328 g/mol. The van der Waals surface area contributed by atoms with Crippen molar-refractivity contribution in [1.29, 1.82) is 0 Å². The van der Waals surface area contributed by atoms with E-state index in [1.807, 2.05) is 55.5 Å². The van der Waals surface area contributed by atoms with Crippen LogP contribution in [0.15, 0.2) is 48.5 Å². The summed E-state index contributed by atoms with van der Waals surface area (Å²) in [7, 11) is 0. The number of para-hydroxylation sites is 1. The molecule has 0 saturated heterocycles. The zero-order chi connectivity index (χ0) is 18.5. The van der Waals surface area contributed by atoms with Gasteiger partial charge in [0.25, 0.3) is 0 Å². The SMILES string of the molecule is CCOC(=O)CC(NC(=O)C1Cc2cccc(C)c2N1)c1ccccc1. The summed E-state index contributed by atoms with van der Waals surface area (Å²) in [5.74, 6) is -0.432. The van der Waals surface area contributed by atoms with Crippen LogP contribution in [0.2, 0.25) is 0 Å². The van der Waals surface area contributed by atoms with Crippen LogP contribution in [0.4, 0.5) is 5.69 Å². The molecule has 0 bridgehead atoms. The molecule has 136 valence electrons. The number of aryl methyl sites for hydroxylation is 1. The van der Waals surface area contributed by atoms with Crippen molar-refractivity contribution >= 4 is 17.6 Å². The van der Waals surface area contributed by atoms with Gasteiger partial charge in [-0.25, -0.2) is 0 Å². The molecule has 0 spiro atoms. The van der Waals surface area contributed by atoms with Crippen LogP contribution in [0.3, 0.4) is 0 Å². The summed E-state index contributed by atoms with van der Waals surface area (Å²) in [5.41, 5.74) is 4.20. The molecule has 2 aromatic rings. The standard InChI is InChI=1S/C21H24N2O3/c1-3-26-19(24)13-17(15-9-5-4-6-10-15)23-21(25)18-12-16-11-7-8-14(2)20(16)22-18/h4-11,17-18,22H,3,12-13H2,1-2H3,(H,23,25). The molecule has 0 fully saturated rings. The fourth-order valence-electron chi connectivity index (χ4n) is 3.31.